The van der Waals surface area contributed by atoms with Gasteiger partial charge in [0.1, 0.15) is 6.04 Å². The van der Waals surface area contributed by atoms with Crippen LogP contribution in [0.4, 0.5) is 0 Å². The Morgan fingerprint density at radius 2 is 1.90 bits per heavy atom. The molecule has 1 saturated heterocycles. The van der Waals surface area contributed by atoms with Crippen molar-refractivity contribution >= 4 is 21.9 Å². The first kappa shape index (κ1) is 17.9. The number of nitrogens with one attached hydrogen (secondary N) is 1. The van der Waals surface area contributed by atoms with E-state index in [2.05, 4.69) is 5.32 Å². The first-order valence-corrected chi connectivity index (χ1v) is 8.90. The number of hydrogen-bond donors (Lipinski definition) is 2. The molecule has 1 aliphatic heterocycles. The molecule has 21 heavy (non-hydrogen) atoms. The van der Waals surface area contributed by atoms with E-state index in [9.17, 15) is 18.0 Å². The second-order valence-corrected chi connectivity index (χ2v) is 7.50. The van der Waals surface area contributed by atoms with Crippen molar-refractivity contribution in [2.45, 2.75) is 45.6 Å². The van der Waals surface area contributed by atoms with Gasteiger partial charge in [-0.25, -0.2) is 12.7 Å². The number of carboxylic acids is 1. The second-order valence-electron chi connectivity index (χ2n) is 5.41. The number of hydrogen-bond acceptors (Lipinski definition) is 4. The third-order valence-electron chi connectivity index (χ3n) is 3.70. The number of rotatable bonds is 7. The highest BCUT2D eigenvalue weighted by Gasteiger charge is 2.31. The van der Waals surface area contributed by atoms with E-state index in [1.165, 1.54) is 11.2 Å². The number of sulfonamides is 1. The predicted octanol–water partition coefficient (Wildman–Crippen LogP) is 0.418. The van der Waals surface area contributed by atoms with Crippen LogP contribution in [0.3, 0.4) is 0 Å². The van der Waals surface area contributed by atoms with Crippen LogP contribution >= 0.6 is 0 Å². The lowest BCUT2D eigenvalue weighted by Gasteiger charge is -2.30. The Balaban J connectivity index is 2.48. The molecule has 1 rings (SSSR count). The van der Waals surface area contributed by atoms with Gasteiger partial charge in [-0.3, -0.25) is 9.59 Å². The topological polar surface area (TPSA) is 104 Å². The lowest BCUT2D eigenvalue weighted by atomic mass is 9.97. The first-order valence-electron chi connectivity index (χ1n) is 7.29. The molecule has 2 N–H and O–H groups in total. The van der Waals surface area contributed by atoms with Crippen molar-refractivity contribution in [3.05, 3.63) is 0 Å². The normalized spacial score (nSPS) is 19.1. The molecule has 0 saturated carbocycles. The van der Waals surface area contributed by atoms with Crippen LogP contribution in [0.15, 0.2) is 0 Å². The van der Waals surface area contributed by atoms with Gasteiger partial charge in [-0.05, 0) is 26.2 Å². The van der Waals surface area contributed by atoms with Gasteiger partial charge in [-0.15, -0.1) is 0 Å². The van der Waals surface area contributed by atoms with Gasteiger partial charge < -0.3 is 10.4 Å². The number of nitrogens with zero attached hydrogens (tertiary/aromatic N) is 1. The van der Waals surface area contributed by atoms with E-state index in [1.807, 2.05) is 6.92 Å². The number of carbonyl (C=O) groups excluding carboxylic acids is 1. The number of aliphatic carboxylic acids is 1. The minimum atomic E-state index is -3.22. The molecule has 8 heteroatoms. The second kappa shape index (κ2) is 7.74. The Morgan fingerprint density at radius 1 is 1.33 bits per heavy atom. The third-order valence-corrected chi connectivity index (χ3v) is 5.66. The minimum absolute atomic E-state index is 0.149. The highest BCUT2D eigenvalue weighted by molar-refractivity contribution is 7.89. The van der Waals surface area contributed by atoms with Crippen molar-refractivity contribution in [2.75, 3.05) is 18.8 Å². The SMILES string of the molecule is CCCCS(=O)(=O)N1CCC(C(=O)N[C@H](C)C(=O)O)CC1. The van der Waals surface area contributed by atoms with Crippen LogP contribution in [0.2, 0.25) is 0 Å². The summed E-state index contributed by atoms with van der Waals surface area (Å²) < 4.78 is 25.5. The Hall–Kier alpha value is -1.15. The summed E-state index contributed by atoms with van der Waals surface area (Å²) in [6, 6.07) is -0.927. The van der Waals surface area contributed by atoms with Crippen LogP contribution in [0.1, 0.15) is 39.5 Å². The fourth-order valence-electron chi connectivity index (χ4n) is 2.24. The summed E-state index contributed by atoms with van der Waals surface area (Å²) in [5, 5.41) is 11.2. The summed E-state index contributed by atoms with van der Waals surface area (Å²) >= 11 is 0. The summed E-state index contributed by atoms with van der Waals surface area (Å²) in [6.07, 6.45) is 2.33. The zero-order valence-electron chi connectivity index (χ0n) is 12.5. The fraction of sp³-hybridized carbons (Fsp3) is 0.846. The van der Waals surface area contributed by atoms with Gasteiger partial charge in [0.15, 0.2) is 0 Å². The Kier molecular flexibility index (Phi) is 6.60. The van der Waals surface area contributed by atoms with Gasteiger partial charge in [0.2, 0.25) is 15.9 Å². The molecule has 0 aromatic carbocycles. The molecular weight excluding hydrogens is 296 g/mol. The molecule has 0 aromatic heterocycles. The van der Waals surface area contributed by atoms with Crippen molar-refractivity contribution in [1.29, 1.82) is 0 Å². The van der Waals surface area contributed by atoms with Gasteiger partial charge >= 0.3 is 5.97 Å². The predicted molar refractivity (Wildman–Crippen MR) is 78.2 cm³/mol. The van der Waals surface area contributed by atoms with Crippen LogP contribution in [-0.4, -0.2) is 54.6 Å². The van der Waals surface area contributed by atoms with E-state index < -0.39 is 22.0 Å². The fourth-order valence-corrected chi connectivity index (χ4v) is 3.92. The summed E-state index contributed by atoms with van der Waals surface area (Å²) in [7, 11) is -3.22. The van der Waals surface area contributed by atoms with Gasteiger partial charge in [-0.2, -0.15) is 0 Å². The molecular formula is C13H24N2O5S. The van der Waals surface area contributed by atoms with Crippen LogP contribution < -0.4 is 5.32 Å². The molecule has 0 aromatic rings. The van der Waals surface area contributed by atoms with E-state index in [-0.39, 0.29) is 17.6 Å². The average Bonchev–Trinajstić information content (AvgIpc) is 2.45. The molecule has 7 nitrogen and oxygen atoms in total. The van der Waals surface area contributed by atoms with Crippen molar-refractivity contribution in [2.24, 2.45) is 5.92 Å². The zero-order valence-corrected chi connectivity index (χ0v) is 13.4. The van der Waals surface area contributed by atoms with E-state index in [0.717, 1.165) is 6.42 Å². The lowest BCUT2D eigenvalue weighted by molar-refractivity contribution is -0.142. The molecule has 122 valence electrons. The molecule has 1 aliphatic rings. The number of piperidine rings is 1. The van der Waals surface area contributed by atoms with Crippen molar-refractivity contribution in [3.63, 3.8) is 0 Å². The smallest absolute Gasteiger partial charge is 0.325 e. The Labute approximate surface area is 125 Å². The quantitative estimate of drug-likeness (QED) is 0.707. The summed E-state index contributed by atoms with van der Waals surface area (Å²) in [5.74, 6) is -1.56. The number of carbonyl (C=O) groups is 2. The van der Waals surface area contributed by atoms with Gasteiger partial charge in [0.05, 0.1) is 5.75 Å². The summed E-state index contributed by atoms with van der Waals surface area (Å²) in [6.45, 7) is 4.00. The van der Waals surface area contributed by atoms with Gasteiger partial charge in [-0.1, -0.05) is 13.3 Å². The maximum Gasteiger partial charge on any atom is 0.325 e. The third kappa shape index (κ3) is 5.28. The van der Waals surface area contributed by atoms with Crippen molar-refractivity contribution in [3.8, 4) is 0 Å². The summed E-state index contributed by atoms with van der Waals surface area (Å²) in [5.41, 5.74) is 0. The molecule has 1 atom stereocenters. The molecule has 1 heterocycles. The maximum atomic E-state index is 12.0. The van der Waals surface area contributed by atoms with Crippen molar-refractivity contribution in [1.82, 2.24) is 9.62 Å². The number of amides is 1. The van der Waals surface area contributed by atoms with Crippen LogP contribution in [0.25, 0.3) is 0 Å². The van der Waals surface area contributed by atoms with E-state index in [4.69, 9.17) is 5.11 Å². The average molecular weight is 320 g/mol. The molecule has 0 aliphatic carbocycles. The number of unbranched alkanes of at least 4 members (excludes halogenated alkanes) is 1. The Morgan fingerprint density at radius 3 is 2.38 bits per heavy atom. The molecule has 1 amide bonds. The van der Waals surface area contributed by atoms with Gasteiger partial charge in [0.25, 0.3) is 0 Å². The number of carboxylic acid groups (broad SMARTS) is 1. The van der Waals surface area contributed by atoms with Crippen LogP contribution in [0, 0.1) is 5.92 Å². The van der Waals surface area contributed by atoms with Crippen molar-refractivity contribution < 1.29 is 23.1 Å². The van der Waals surface area contributed by atoms with E-state index in [0.29, 0.717) is 32.4 Å². The highest BCUT2D eigenvalue weighted by Crippen LogP contribution is 2.20. The van der Waals surface area contributed by atoms with E-state index in [1.54, 1.807) is 0 Å². The molecule has 0 bridgehead atoms. The largest absolute Gasteiger partial charge is 0.480 e. The molecule has 0 radical (unpaired) electrons. The lowest BCUT2D eigenvalue weighted by Crippen LogP contribution is -2.46. The summed E-state index contributed by atoms with van der Waals surface area (Å²) in [4.78, 5) is 22.6. The highest BCUT2D eigenvalue weighted by atomic mass is 32.2. The first-order chi connectivity index (χ1) is 9.77. The van der Waals surface area contributed by atoms with Crippen LogP contribution in [-0.2, 0) is 19.6 Å². The monoisotopic (exact) mass is 320 g/mol. The molecule has 0 spiro atoms. The molecule has 1 fully saturated rings. The van der Waals surface area contributed by atoms with Crippen LogP contribution in [0.5, 0.6) is 0 Å². The minimum Gasteiger partial charge on any atom is -0.480 e. The zero-order chi connectivity index (χ0) is 16.0. The molecule has 0 unspecified atom stereocenters. The van der Waals surface area contributed by atoms with Gasteiger partial charge in [0, 0.05) is 19.0 Å². The maximum absolute atomic E-state index is 12.0. The Bertz CT molecular complexity index is 469. The van der Waals surface area contributed by atoms with E-state index >= 15 is 0 Å². The standard InChI is InChI=1S/C13H24N2O5S/c1-3-4-9-21(19,20)15-7-5-11(6-8-15)12(16)14-10(2)13(17)18/h10-11H,3-9H2,1-2H3,(H,14,16)(H,17,18)/t10-/m1/s1.